The Morgan fingerprint density at radius 3 is 2.54 bits per heavy atom. The molecule has 50 heavy (non-hydrogen) atoms. The number of aromatic nitrogens is 4. The highest BCUT2D eigenvalue weighted by Gasteiger charge is 2.36. The van der Waals surface area contributed by atoms with E-state index in [9.17, 15) is 14.4 Å². The smallest absolute Gasteiger partial charge is 0.279 e. The van der Waals surface area contributed by atoms with Crippen LogP contribution >= 0.6 is 0 Å². The predicted octanol–water partition coefficient (Wildman–Crippen LogP) is 4.72. The van der Waals surface area contributed by atoms with Crippen molar-refractivity contribution in [1.82, 2.24) is 23.4 Å². The molecule has 11 nitrogen and oxygen atoms in total. The molecule has 0 unspecified atom stereocenters. The van der Waals surface area contributed by atoms with Crippen molar-refractivity contribution in [3.05, 3.63) is 105 Å². The van der Waals surface area contributed by atoms with E-state index < -0.39 is 5.82 Å². The molecule has 5 aromatic rings. The van der Waals surface area contributed by atoms with Crippen molar-refractivity contribution in [3.63, 3.8) is 0 Å². The molecule has 0 spiro atoms. The zero-order valence-corrected chi connectivity index (χ0v) is 28.4. The van der Waals surface area contributed by atoms with E-state index in [4.69, 9.17) is 4.74 Å². The van der Waals surface area contributed by atoms with Crippen LogP contribution in [0.1, 0.15) is 48.3 Å². The molecule has 3 aliphatic rings. The molecule has 2 atom stereocenters. The summed E-state index contributed by atoms with van der Waals surface area (Å²) in [5, 5.41) is 3.14. The quantitative estimate of drug-likeness (QED) is 0.247. The number of nitrogens with one attached hydrogen (secondary N) is 1. The van der Waals surface area contributed by atoms with Gasteiger partial charge in [0, 0.05) is 67.6 Å². The first-order valence-corrected chi connectivity index (χ1v) is 17.3. The standard InChI is InChI=1S/C38H40FN7O4/c1-23-18-46(29-21-50-22-29)24(2)17-45(23)28-8-9-36(40-16-28)41-32-12-26(19-42(3)37(32)48)30-14-27(39)15-34(31(30)20-47)44-11-10-43-33-7-5-4-6-25(33)13-35(43)38(44)49/h8-16,19-20,23-24,29H,4-7,17-18,21-22H2,1-3H3,(H,40,41)/t23-,24+/m0/s1. The highest BCUT2D eigenvalue weighted by Crippen LogP contribution is 2.31. The number of carbonyl (C=O) groups is 1. The third kappa shape index (κ3) is 5.52. The highest BCUT2D eigenvalue weighted by atomic mass is 19.1. The number of hydrogen-bond donors (Lipinski definition) is 1. The predicted molar refractivity (Wildman–Crippen MR) is 191 cm³/mol. The van der Waals surface area contributed by atoms with Gasteiger partial charge in [-0.1, -0.05) is 0 Å². The van der Waals surface area contributed by atoms with Gasteiger partial charge in [0.1, 0.15) is 22.8 Å². The average molecular weight is 678 g/mol. The van der Waals surface area contributed by atoms with Gasteiger partial charge in [0.05, 0.1) is 36.8 Å². The van der Waals surface area contributed by atoms with Crippen molar-refractivity contribution < 1.29 is 13.9 Å². The Kier molecular flexibility index (Phi) is 8.15. The summed E-state index contributed by atoms with van der Waals surface area (Å²) in [6.07, 6.45) is 11.3. The minimum Gasteiger partial charge on any atom is -0.378 e. The maximum absolute atomic E-state index is 15.4. The lowest BCUT2D eigenvalue weighted by Gasteiger charge is -2.50. The zero-order chi connectivity index (χ0) is 34.7. The first kappa shape index (κ1) is 32.2. The second kappa shape index (κ2) is 12.7. The molecule has 1 aliphatic carbocycles. The van der Waals surface area contributed by atoms with Crippen molar-refractivity contribution in [3.8, 4) is 16.8 Å². The summed E-state index contributed by atoms with van der Waals surface area (Å²) in [7, 11) is 1.60. The molecule has 2 saturated heterocycles. The fourth-order valence-electron chi connectivity index (χ4n) is 7.89. The number of piperazine rings is 1. The molecule has 0 amide bonds. The Labute approximate surface area is 288 Å². The number of ether oxygens (including phenoxy) is 1. The van der Waals surface area contributed by atoms with Crippen LogP contribution in [-0.4, -0.2) is 74.1 Å². The highest BCUT2D eigenvalue weighted by molar-refractivity contribution is 5.92. The van der Waals surface area contributed by atoms with Gasteiger partial charge < -0.3 is 23.9 Å². The molecule has 2 fully saturated rings. The van der Waals surface area contributed by atoms with E-state index in [0.717, 1.165) is 68.9 Å². The number of carbonyl (C=O) groups excluding carboxylic acids is 1. The molecule has 12 heteroatoms. The number of fused-ring (bicyclic) bond motifs is 3. The topological polar surface area (TPSA) is 106 Å². The number of nitrogens with zero attached hydrogens (tertiary/aromatic N) is 6. The van der Waals surface area contributed by atoms with Gasteiger partial charge in [-0.15, -0.1) is 0 Å². The fraction of sp³-hybridized carbons (Fsp3) is 0.368. The number of benzene rings is 1. The summed E-state index contributed by atoms with van der Waals surface area (Å²) >= 11 is 0. The van der Waals surface area contributed by atoms with Crippen molar-refractivity contribution in [2.75, 3.05) is 36.5 Å². The Morgan fingerprint density at radius 2 is 1.80 bits per heavy atom. The second-order valence-corrected chi connectivity index (χ2v) is 13.9. The van der Waals surface area contributed by atoms with Crippen molar-refractivity contribution in [1.29, 1.82) is 0 Å². The van der Waals surface area contributed by atoms with Crippen LogP contribution in [0.3, 0.4) is 0 Å². The van der Waals surface area contributed by atoms with Gasteiger partial charge in [-0.05, 0) is 87.1 Å². The lowest BCUT2D eigenvalue weighted by Crippen LogP contribution is -2.63. The van der Waals surface area contributed by atoms with E-state index in [1.54, 1.807) is 37.9 Å². The normalized spacial score (nSPS) is 19.7. The number of halogens is 1. The molecule has 258 valence electrons. The van der Waals surface area contributed by atoms with E-state index >= 15 is 4.39 Å². The Morgan fingerprint density at radius 1 is 0.980 bits per heavy atom. The Bertz CT molecular complexity index is 2240. The minimum atomic E-state index is -0.618. The summed E-state index contributed by atoms with van der Waals surface area (Å²) in [5.41, 5.74) is 4.28. The van der Waals surface area contributed by atoms with Gasteiger partial charge in [-0.3, -0.25) is 23.9 Å². The lowest BCUT2D eigenvalue weighted by atomic mass is 9.98. The fourth-order valence-corrected chi connectivity index (χ4v) is 7.89. The van der Waals surface area contributed by atoms with E-state index in [-0.39, 0.29) is 33.6 Å². The summed E-state index contributed by atoms with van der Waals surface area (Å²) in [6.45, 7) is 7.86. The van der Waals surface area contributed by atoms with Gasteiger partial charge in [0.2, 0.25) is 0 Å². The van der Waals surface area contributed by atoms with Crippen molar-refractivity contribution in [2.45, 2.75) is 57.7 Å². The van der Waals surface area contributed by atoms with Crippen LogP contribution in [0.15, 0.2) is 70.8 Å². The first-order valence-electron chi connectivity index (χ1n) is 17.3. The van der Waals surface area contributed by atoms with E-state index in [0.29, 0.717) is 41.3 Å². The molecule has 6 heterocycles. The van der Waals surface area contributed by atoms with Gasteiger partial charge in [-0.2, -0.15) is 0 Å². The van der Waals surface area contributed by atoms with Crippen LogP contribution in [0, 0.1) is 5.82 Å². The maximum Gasteiger partial charge on any atom is 0.279 e. The number of anilines is 3. The SMILES string of the molecule is C[C@@H]1CN(c2ccc(Nc3cc(-c4cc(F)cc(-n5ccn6c7c(cc6c5=O)CCCC7)c4C=O)cn(C)c3=O)nc2)[C@@H](C)CN1C1COC1. The maximum atomic E-state index is 15.4. The van der Waals surface area contributed by atoms with Crippen LogP contribution in [-0.2, 0) is 24.6 Å². The molecule has 8 rings (SSSR count). The lowest BCUT2D eigenvalue weighted by molar-refractivity contribution is -0.0828. The van der Waals surface area contributed by atoms with Crippen LogP contribution in [0.4, 0.5) is 21.6 Å². The zero-order valence-electron chi connectivity index (χ0n) is 28.4. The number of aldehydes is 1. The average Bonchev–Trinajstić information content (AvgIpc) is 3.47. The summed E-state index contributed by atoms with van der Waals surface area (Å²) in [6, 6.07) is 10.9. The van der Waals surface area contributed by atoms with Crippen molar-refractivity contribution in [2.24, 2.45) is 7.05 Å². The Balaban J connectivity index is 1.10. The summed E-state index contributed by atoms with van der Waals surface area (Å²) in [5.74, 6) is -0.146. The van der Waals surface area contributed by atoms with Crippen LogP contribution in [0.25, 0.3) is 22.3 Å². The minimum absolute atomic E-state index is 0.132. The number of rotatable bonds is 7. The number of pyridine rings is 2. The molecule has 1 aromatic carbocycles. The van der Waals surface area contributed by atoms with Crippen molar-refractivity contribution >= 4 is 29.0 Å². The van der Waals surface area contributed by atoms with Gasteiger partial charge in [0.15, 0.2) is 6.29 Å². The van der Waals surface area contributed by atoms with Crippen LogP contribution in [0.5, 0.6) is 0 Å². The first-order chi connectivity index (χ1) is 24.2. The summed E-state index contributed by atoms with van der Waals surface area (Å²) < 4.78 is 25.4. The van der Waals surface area contributed by atoms with E-state index in [1.807, 2.05) is 22.6 Å². The van der Waals surface area contributed by atoms with Gasteiger partial charge in [0.25, 0.3) is 11.1 Å². The second-order valence-electron chi connectivity index (χ2n) is 13.9. The number of aryl methyl sites for hydroxylation is 3. The van der Waals surface area contributed by atoms with Crippen LogP contribution < -0.4 is 21.3 Å². The Hall–Kier alpha value is -5.07. The molecule has 0 radical (unpaired) electrons. The monoisotopic (exact) mass is 677 g/mol. The molecule has 0 saturated carbocycles. The third-order valence-electron chi connectivity index (χ3n) is 10.6. The summed E-state index contributed by atoms with van der Waals surface area (Å²) in [4.78, 5) is 49.3. The molecular weight excluding hydrogens is 637 g/mol. The van der Waals surface area contributed by atoms with E-state index in [2.05, 4.69) is 33.9 Å². The molecule has 1 N–H and O–H groups in total. The molecule has 2 aliphatic heterocycles. The largest absolute Gasteiger partial charge is 0.378 e. The molecular formula is C38H40FN7O4. The third-order valence-corrected chi connectivity index (χ3v) is 10.6. The molecule has 0 bridgehead atoms. The van der Waals surface area contributed by atoms with Crippen LogP contribution in [0.2, 0.25) is 0 Å². The van der Waals surface area contributed by atoms with Gasteiger partial charge >= 0.3 is 0 Å². The van der Waals surface area contributed by atoms with E-state index in [1.165, 1.54) is 21.3 Å². The molecule has 4 aromatic heterocycles. The van der Waals surface area contributed by atoms with Gasteiger partial charge in [-0.25, -0.2) is 9.37 Å². The number of hydrogen-bond acceptors (Lipinski definition) is 8.